The van der Waals surface area contributed by atoms with Crippen LogP contribution >= 0.6 is 11.6 Å². The molecular formula is C25H15ClF2N6. The van der Waals surface area contributed by atoms with Crippen molar-refractivity contribution in [3.63, 3.8) is 0 Å². The average Bonchev–Trinajstić information content (AvgIpc) is 3.17. The number of H-pyrrole nitrogens is 1. The van der Waals surface area contributed by atoms with Crippen molar-refractivity contribution in [3.05, 3.63) is 100 Å². The lowest BCUT2D eigenvalue weighted by Gasteiger charge is -2.13. The number of aliphatic imine (C=N–C) groups is 1. The number of anilines is 2. The van der Waals surface area contributed by atoms with Crippen LogP contribution in [0.1, 0.15) is 16.7 Å². The van der Waals surface area contributed by atoms with Gasteiger partial charge in [-0.25, -0.2) is 23.7 Å². The van der Waals surface area contributed by atoms with Gasteiger partial charge in [0.05, 0.1) is 34.5 Å². The van der Waals surface area contributed by atoms with E-state index < -0.39 is 11.6 Å². The molecule has 2 N–H and O–H groups in total. The molecule has 34 heavy (non-hydrogen) atoms. The Balaban J connectivity index is 1.47. The van der Waals surface area contributed by atoms with Gasteiger partial charge >= 0.3 is 0 Å². The first-order chi connectivity index (χ1) is 16.6. The molecule has 6 rings (SSSR count). The first-order valence-electron chi connectivity index (χ1n) is 10.4. The first-order valence-corrected chi connectivity index (χ1v) is 10.8. The van der Waals surface area contributed by atoms with E-state index >= 15 is 0 Å². The highest BCUT2D eigenvalue weighted by molar-refractivity contribution is 6.31. The van der Waals surface area contributed by atoms with Crippen LogP contribution in [0, 0.1) is 11.6 Å². The van der Waals surface area contributed by atoms with E-state index in [0.29, 0.717) is 39.3 Å². The SMILES string of the molecule is Fc1cccc(F)c1C1=NCc2cnc(Nc3nc4ccccc4[nH]3)nc2-c2ccc(Cl)cc21. The number of hydrogen-bond acceptors (Lipinski definition) is 5. The second kappa shape index (κ2) is 8.00. The molecule has 0 atom stereocenters. The normalized spacial score (nSPS) is 12.6. The number of fused-ring (bicyclic) bond motifs is 4. The molecule has 1 aliphatic heterocycles. The van der Waals surface area contributed by atoms with Gasteiger partial charge in [-0.2, -0.15) is 0 Å². The molecule has 3 heterocycles. The number of benzene rings is 3. The summed E-state index contributed by atoms with van der Waals surface area (Å²) >= 11 is 6.27. The molecule has 1 aliphatic rings. The van der Waals surface area contributed by atoms with Crippen molar-refractivity contribution in [1.29, 1.82) is 0 Å². The maximum atomic E-state index is 14.7. The van der Waals surface area contributed by atoms with Gasteiger partial charge in [0.1, 0.15) is 11.6 Å². The number of aromatic amines is 1. The number of nitrogens with zero attached hydrogens (tertiary/aromatic N) is 4. The molecule has 6 nitrogen and oxygen atoms in total. The largest absolute Gasteiger partial charge is 0.324 e. The monoisotopic (exact) mass is 472 g/mol. The van der Waals surface area contributed by atoms with Gasteiger partial charge in [0.25, 0.3) is 0 Å². The smallest absolute Gasteiger partial charge is 0.230 e. The van der Waals surface area contributed by atoms with Crippen LogP contribution in [0.15, 0.2) is 71.9 Å². The highest BCUT2D eigenvalue weighted by Gasteiger charge is 2.25. The maximum absolute atomic E-state index is 14.7. The van der Waals surface area contributed by atoms with Crippen LogP contribution in [0.2, 0.25) is 5.02 Å². The minimum absolute atomic E-state index is 0.148. The van der Waals surface area contributed by atoms with Crippen LogP contribution in [0.4, 0.5) is 20.7 Å². The molecule has 0 saturated carbocycles. The Morgan fingerprint density at radius 2 is 1.74 bits per heavy atom. The topological polar surface area (TPSA) is 78.9 Å². The fraction of sp³-hybridized carbons (Fsp3) is 0.0400. The van der Waals surface area contributed by atoms with Crippen molar-refractivity contribution in [2.45, 2.75) is 6.54 Å². The lowest BCUT2D eigenvalue weighted by atomic mass is 9.95. The average molecular weight is 473 g/mol. The fourth-order valence-electron chi connectivity index (χ4n) is 4.04. The van der Waals surface area contributed by atoms with Crippen LogP contribution in [-0.2, 0) is 6.54 Å². The third-order valence-electron chi connectivity index (χ3n) is 5.58. The summed E-state index contributed by atoms with van der Waals surface area (Å²) in [6.45, 7) is 0.148. The van der Waals surface area contributed by atoms with Crippen LogP contribution in [0.3, 0.4) is 0 Å². The van der Waals surface area contributed by atoms with Gasteiger partial charge in [0, 0.05) is 27.9 Å². The van der Waals surface area contributed by atoms with E-state index in [9.17, 15) is 8.78 Å². The predicted octanol–water partition coefficient (Wildman–Crippen LogP) is 6.05. The highest BCUT2D eigenvalue weighted by atomic mass is 35.5. The number of imidazole rings is 1. The van der Waals surface area contributed by atoms with Crippen molar-refractivity contribution in [1.82, 2.24) is 19.9 Å². The zero-order chi connectivity index (χ0) is 23.2. The molecule has 0 unspecified atom stereocenters. The molecule has 0 aliphatic carbocycles. The number of hydrogen-bond donors (Lipinski definition) is 2. The van der Waals surface area contributed by atoms with Gasteiger partial charge in [-0.1, -0.05) is 35.9 Å². The Kier molecular flexibility index (Phi) is 4.81. The van der Waals surface area contributed by atoms with E-state index in [1.807, 2.05) is 24.3 Å². The Hall–Kier alpha value is -4.17. The molecule has 2 aromatic heterocycles. The summed E-state index contributed by atoms with van der Waals surface area (Å²) in [4.78, 5) is 21.3. The quantitative estimate of drug-likeness (QED) is 0.335. The van der Waals surface area contributed by atoms with Crippen molar-refractivity contribution in [3.8, 4) is 11.3 Å². The summed E-state index contributed by atoms with van der Waals surface area (Å²) in [5, 5.41) is 3.51. The highest BCUT2D eigenvalue weighted by Crippen LogP contribution is 2.34. The summed E-state index contributed by atoms with van der Waals surface area (Å²) in [7, 11) is 0. The van der Waals surface area contributed by atoms with Crippen LogP contribution in [0.5, 0.6) is 0 Å². The third-order valence-corrected chi connectivity index (χ3v) is 5.82. The maximum Gasteiger partial charge on any atom is 0.230 e. The minimum Gasteiger partial charge on any atom is -0.324 e. The van der Waals surface area contributed by atoms with Gasteiger partial charge < -0.3 is 4.98 Å². The van der Waals surface area contributed by atoms with E-state index in [2.05, 4.69) is 25.3 Å². The molecular weight excluding hydrogens is 458 g/mol. The predicted molar refractivity (Wildman–Crippen MR) is 128 cm³/mol. The van der Waals surface area contributed by atoms with Crippen molar-refractivity contribution in [2.24, 2.45) is 4.99 Å². The van der Waals surface area contributed by atoms with Gasteiger partial charge in [0.15, 0.2) is 0 Å². The summed E-state index contributed by atoms with van der Waals surface area (Å²) in [5.41, 5.74) is 4.11. The molecule has 0 spiro atoms. The molecule has 0 fully saturated rings. The molecule has 0 bridgehead atoms. The van der Waals surface area contributed by atoms with Gasteiger partial charge in [-0.3, -0.25) is 10.3 Å². The Bertz CT molecular complexity index is 1560. The molecule has 166 valence electrons. The zero-order valence-electron chi connectivity index (χ0n) is 17.5. The number of aromatic nitrogens is 4. The Morgan fingerprint density at radius 3 is 2.56 bits per heavy atom. The van der Waals surface area contributed by atoms with E-state index in [1.165, 1.54) is 18.2 Å². The second-order valence-corrected chi connectivity index (χ2v) is 8.18. The molecule has 5 aromatic rings. The first kappa shape index (κ1) is 20.4. The number of rotatable bonds is 3. The summed E-state index contributed by atoms with van der Waals surface area (Å²) < 4.78 is 29.4. The van der Waals surface area contributed by atoms with Crippen molar-refractivity contribution in [2.75, 3.05) is 5.32 Å². The van der Waals surface area contributed by atoms with Crippen LogP contribution in [-0.4, -0.2) is 25.6 Å². The van der Waals surface area contributed by atoms with Gasteiger partial charge in [-0.05, 0) is 36.4 Å². The van der Waals surface area contributed by atoms with E-state index in [1.54, 1.807) is 24.4 Å². The minimum atomic E-state index is -0.700. The Morgan fingerprint density at radius 1 is 0.912 bits per heavy atom. The number of halogens is 3. The summed E-state index contributed by atoms with van der Waals surface area (Å²) in [6, 6.07) is 16.5. The second-order valence-electron chi connectivity index (χ2n) is 7.75. The van der Waals surface area contributed by atoms with Gasteiger partial charge in [0.2, 0.25) is 11.9 Å². The number of para-hydroxylation sites is 2. The fourth-order valence-corrected chi connectivity index (χ4v) is 4.21. The summed E-state index contributed by atoms with van der Waals surface area (Å²) in [6.07, 6.45) is 1.65. The lowest BCUT2D eigenvalue weighted by Crippen LogP contribution is -2.10. The molecule has 0 saturated heterocycles. The summed E-state index contributed by atoms with van der Waals surface area (Å²) in [5.74, 6) is -0.585. The zero-order valence-corrected chi connectivity index (χ0v) is 18.2. The third kappa shape index (κ3) is 3.48. The van der Waals surface area contributed by atoms with E-state index in [4.69, 9.17) is 16.6 Å². The Labute approximate surface area is 197 Å². The van der Waals surface area contributed by atoms with Crippen LogP contribution < -0.4 is 5.32 Å². The van der Waals surface area contributed by atoms with E-state index in [0.717, 1.165) is 11.0 Å². The standard InChI is InChI=1S/C25H15ClF2N6/c26-14-8-9-15-16(10-14)23(21-17(27)4-3-5-18(21)28)29-11-13-12-30-24(33-22(13)15)34-25-31-19-6-1-2-7-20(19)32-25/h1-10,12H,11H2,(H2,30,31,32,33,34). The molecule has 3 aromatic carbocycles. The molecule has 9 heteroatoms. The van der Waals surface area contributed by atoms with Crippen LogP contribution in [0.25, 0.3) is 22.3 Å². The van der Waals surface area contributed by atoms with Gasteiger partial charge in [-0.15, -0.1) is 0 Å². The number of nitrogens with one attached hydrogen (secondary N) is 2. The van der Waals surface area contributed by atoms with Crippen molar-refractivity contribution >= 4 is 40.2 Å². The van der Waals surface area contributed by atoms with Crippen molar-refractivity contribution < 1.29 is 8.78 Å². The molecule has 0 amide bonds. The molecule has 0 radical (unpaired) electrons. The lowest BCUT2D eigenvalue weighted by molar-refractivity contribution is 0.579. The van der Waals surface area contributed by atoms with E-state index in [-0.39, 0.29) is 17.8 Å².